The summed E-state index contributed by atoms with van der Waals surface area (Å²) in [5.74, 6) is 0.197. The molecule has 0 saturated carbocycles. The Hall–Kier alpha value is -1.34. The van der Waals surface area contributed by atoms with E-state index in [1.54, 1.807) is 12.1 Å². The van der Waals surface area contributed by atoms with Gasteiger partial charge in [-0.2, -0.15) is 13.2 Å². The molecule has 2 nitrogen and oxygen atoms in total. The van der Waals surface area contributed by atoms with Crippen molar-refractivity contribution in [3.8, 4) is 0 Å². The highest BCUT2D eigenvalue weighted by Crippen LogP contribution is 2.32. The number of anilines is 1. The SMILES string of the molecule is Nc1cc(C(F)(F)F)ccc1S(=O)Cc1ccc(Br)cc1. The lowest BCUT2D eigenvalue weighted by atomic mass is 10.2. The van der Waals surface area contributed by atoms with E-state index in [9.17, 15) is 17.4 Å². The van der Waals surface area contributed by atoms with Gasteiger partial charge in [0.15, 0.2) is 0 Å². The van der Waals surface area contributed by atoms with E-state index >= 15 is 0 Å². The molecule has 0 amide bonds. The summed E-state index contributed by atoms with van der Waals surface area (Å²) in [6, 6.07) is 10.1. The van der Waals surface area contributed by atoms with Gasteiger partial charge in [0.25, 0.3) is 0 Å². The maximum Gasteiger partial charge on any atom is 0.416 e. The molecule has 112 valence electrons. The van der Waals surface area contributed by atoms with Gasteiger partial charge in [0.05, 0.1) is 27.0 Å². The van der Waals surface area contributed by atoms with E-state index in [-0.39, 0.29) is 16.3 Å². The first kappa shape index (κ1) is 16.0. The van der Waals surface area contributed by atoms with Crippen LogP contribution in [-0.4, -0.2) is 4.21 Å². The molecule has 0 aliphatic heterocycles. The van der Waals surface area contributed by atoms with Gasteiger partial charge in [-0.05, 0) is 35.9 Å². The maximum atomic E-state index is 12.5. The van der Waals surface area contributed by atoms with Crippen molar-refractivity contribution in [3.05, 3.63) is 58.1 Å². The third-order valence-corrected chi connectivity index (χ3v) is 4.78. The largest absolute Gasteiger partial charge is 0.416 e. The smallest absolute Gasteiger partial charge is 0.398 e. The van der Waals surface area contributed by atoms with E-state index in [2.05, 4.69) is 15.9 Å². The van der Waals surface area contributed by atoms with Crippen molar-refractivity contribution in [2.24, 2.45) is 0 Å². The number of hydrogen-bond donors (Lipinski definition) is 1. The lowest BCUT2D eigenvalue weighted by Crippen LogP contribution is -2.08. The average Bonchev–Trinajstić information content (AvgIpc) is 2.40. The molecule has 0 radical (unpaired) electrons. The summed E-state index contributed by atoms with van der Waals surface area (Å²) in [7, 11) is -1.50. The normalized spacial score (nSPS) is 13.1. The topological polar surface area (TPSA) is 43.1 Å². The number of alkyl halides is 3. The van der Waals surface area contributed by atoms with Crippen LogP contribution < -0.4 is 5.73 Å². The minimum Gasteiger partial charge on any atom is -0.398 e. The van der Waals surface area contributed by atoms with Crippen LogP contribution in [-0.2, 0) is 22.7 Å². The molecule has 7 heteroatoms. The highest BCUT2D eigenvalue weighted by molar-refractivity contribution is 9.10. The van der Waals surface area contributed by atoms with Gasteiger partial charge >= 0.3 is 6.18 Å². The Labute approximate surface area is 130 Å². The summed E-state index contributed by atoms with van der Waals surface area (Å²) in [5, 5.41) is 0. The van der Waals surface area contributed by atoms with E-state index in [1.165, 1.54) is 6.07 Å². The number of halogens is 4. The number of benzene rings is 2. The minimum atomic E-state index is -4.46. The van der Waals surface area contributed by atoms with Crippen LogP contribution in [0, 0.1) is 0 Å². The lowest BCUT2D eigenvalue weighted by molar-refractivity contribution is -0.137. The number of rotatable bonds is 3. The summed E-state index contributed by atoms with van der Waals surface area (Å²) in [4.78, 5) is 0.214. The quantitative estimate of drug-likeness (QED) is 0.807. The predicted octanol–water partition coefficient (Wildman–Crippen LogP) is 4.36. The molecule has 2 rings (SSSR count). The second-order valence-electron chi connectivity index (χ2n) is 4.37. The molecule has 0 bridgehead atoms. The van der Waals surface area contributed by atoms with Crippen LogP contribution in [0.1, 0.15) is 11.1 Å². The molecule has 0 aliphatic carbocycles. The maximum absolute atomic E-state index is 12.5. The van der Waals surface area contributed by atoms with Crippen LogP contribution in [0.4, 0.5) is 18.9 Å². The fourth-order valence-corrected chi connectivity index (χ4v) is 3.20. The molecule has 0 heterocycles. The molecule has 0 fully saturated rings. The monoisotopic (exact) mass is 377 g/mol. The zero-order valence-corrected chi connectivity index (χ0v) is 13.1. The van der Waals surface area contributed by atoms with Crippen LogP contribution >= 0.6 is 15.9 Å². The van der Waals surface area contributed by atoms with E-state index in [0.717, 1.165) is 22.2 Å². The summed E-state index contributed by atoms with van der Waals surface area (Å²) in [6.45, 7) is 0. The van der Waals surface area contributed by atoms with E-state index in [0.29, 0.717) is 0 Å². The Balaban J connectivity index is 2.22. The molecule has 0 aliphatic rings. The van der Waals surface area contributed by atoms with Gasteiger partial charge in [-0.3, -0.25) is 4.21 Å². The summed E-state index contributed by atoms with van der Waals surface area (Å²) < 4.78 is 50.8. The molecule has 0 aromatic heterocycles. The Bertz CT molecular complexity index is 671. The van der Waals surface area contributed by atoms with Crippen LogP contribution in [0.5, 0.6) is 0 Å². The molecule has 1 unspecified atom stereocenters. The van der Waals surface area contributed by atoms with Gasteiger partial charge in [0, 0.05) is 10.2 Å². The highest BCUT2D eigenvalue weighted by Gasteiger charge is 2.31. The van der Waals surface area contributed by atoms with Gasteiger partial charge in [0.2, 0.25) is 0 Å². The standard InChI is InChI=1S/C14H11BrF3NOS/c15-11-4-1-9(2-5-11)8-21(20)13-6-3-10(7-12(13)19)14(16,17)18/h1-7H,8,19H2. The molecule has 2 aromatic carbocycles. The average molecular weight is 378 g/mol. The molecule has 0 saturated heterocycles. The zero-order valence-electron chi connectivity index (χ0n) is 10.7. The number of nitrogens with two attached hydrogens (primary N) is 1. The molecule has 2 N–H and O–H groups in total. The Morgan fingerprint density at radius 2 is 1.71 bits per heavy atom. The molecule has 0 spiro atoms. The zero-order chi connectivity index (χ0) is 15.6. The van der Waals surface area contributed by atoms with Gasteiger partial charge in [-0.15, -0.1) is 0 Å². The van der Waals surface area contributed by atoms with Crippen molar-refractivity contribution in [1.82, 2.24) is 0 Å². The van der Waals surface area contributed by atoms with E-state index < -0.39 is 22.5 Å². The molecular formula is C14H11BrF3NOS. The van der Waals surface area contributed by atoms with E-state index in [4.69, 9.17) is 5.73 Å². The molecule has 1 atom stereocenters. The summed E-state index contributed by atoms with van der Waals surface area (Å²) in [5.41, 5.74) is 5.46. The van der Waals surface area contributed by atoms with Crippen LogP contribution in [0.15, 0.2) is 51.8 Å². The first-order valence-electron chi connectivity index (χ1n) is 5.87. The fourth-order valence-electron chi connectivity index (χ4n) is 1.74. The van der Waals surface area contributed by atoms with Gasteiger partial charge in [-0.1, -0.05) is 28.1 Å². The van der Waals surface area contributed by atoms with Crippen molar-refractivity contribution in [3.63, 3.8) is 0 Å². The first-order valence-corrected chi connectivity index (χ1v) is 7.98. The Morgan fingerprint density at radius 3 is 2.24 bits per heavy atom. The fraction of sp³-hybridized carbons (Fsp3) is 0.143. The van der Waals surface area contributed by atoms with Crippen molar-refractivity contribution >= 4 is 32.4 Å². The van der Waals surface area contributed by atoms with Gasteiger partial charge in [-0.25, -0.2) is 0 Å². The predicted molar refractivity (Wildman–Crippen MR) is 80.1 cm³/mol. The third-order valence-electron chi connectivity index (χ3n) is 2.79. The first-order chi connectivity index (χ1) is 9.77. The van der Waals surface area contributed by atoms with Crippen LogP contribution in [0.2, 0.25) is 0 Å². The number of nitrogen functional groups attached to an aromatic ring is 1. The van der Waals surface area contributed by atoms with Crippen molar-refractivity contribution < 1.29 is 17.4 Å². The molecular weight excluding hydrogens is 367 g/mol. The molecule has 21 heavy (non-hydrogen) atoms. The number of hydrogen-bond acceptors (Lipinski definition) is 2. The Kier molecular flexibility index (Phi) is 4.73. The van der Waals surface area contributed by atoms with Crippen molar-refractivity contribution in [2.45, 2.75) is 16.8 Å². The Morgan fingerprint density at radius 1 is 1.10 bits per heavy atom. The van der Waals surface area contributed by atoms with Crippen molar-refractivity contribution in [1.29, 1.82) is 0 Å². The molecule has 2 aromatic rings. The lowest BCUT2D eigenvalue weighted by Gasteiger charge is -2.10. The van der Waals surface area contributed by atoms with Crippen molar-refractivity contribution in [2.75, 3.05) is 5.73 Å². The second kappa shape index (κ2) is 6.19. The van der Waals surface area contributed by atoms with Crippen LogP contribution in [0.3, 0.4) is 0 Å². The van der Waals surface area contributed by atoms with Gasteiger partial charge in [0.1, 0.15) is 0 Å². The summed E-state index contributed by atoms with van der Waals surface area (Å²) >= 11 is 3.29. The van der Waals surface area contributed by atoms with E-state index in [1.807, 2.05) is 12.1 Å². The minimum absolute atomic E-state index is 0.111. The summed E-state index contributed by atoms with van der Waals surface area (Å²) in [6.07, 6.45) is -4.46. The second-order valence-corrected chi connectivity index (χ2v) is 6.70. The van der Waals surface area contributed by atoms with Crippen LogP contribution in [0.25, 0.3) is 0 Å². The third kappa shape index (κ3) is 4.07. The van der Waals surface area contributed by atoms with Gasteiger partial charge < -0.3 is 5.73 Å². The highest BCUT2D eigenvalue weighted by atomic mass is 79.9.